The molecule has 1 aliphatic rings. The van der Waals surface area contributed by atoms with Crippen LogP contribution in [0.3, 0.4) is 0 Å². The highest BCUT2D eigenvalue weighted by atomic mass is 32.2. The molecule has 0 aliphatic carbocycles. The molecule has 9 heteroatoms. The zero-order valence-electron chi connectivity index (χ0n) is 14.6. The van der Waals surface area contributed by atoms with Crippen molar-refractivity contribution in [3.05, 3.63) is 46.2 Å². The van der Waals surface area contributed by atoms with E-state index in [1.54, 1.807) is 11.3 Å². The topological polar surface area (TPSA) is 80.8 Å². The zero-order chi connectivity index (χ0) is 19.6. The zero-order valence-corrected chi connectivity index (χ0v) is 17.1. The highest BCUT2D eigenvalue weighted by Crippen LogP contribution is 2.29. The molecule has 0 bridgehead atoms. The summed E-state index contributed by atoms with van der Waals surface area (Å²) in [4.78, 5) is 26.7. The van der Waals surface area contributed by atoms with Crippen molar-refractivity contribution in [1.82, 2.24) is 4.90 Å². The number of carbonyl (C=O) groups excluding carboxylic acids is 2. The molecule has 0 spiro atoms. The summed E-state index contributed by atoms with van der Waals surface area (Å²) in [6.45, 7) is 0.261. The van der Waals surface area contributed by atoms with Gasteiger partial charge in [0.25, 0.3) is 5.91 Å². The Morgan fingerprint density at radius 3 is 2.74 bits per heavy atom. The van der Waals surface area contributed by atoms with Gasteiger partial charge in [-0.25, -0.2) is 13.2 Å². The quantitative estimate of drug-likeness (QED) is 0.452. The van der Waals surface area contributed by atoms with E-state index in [-0.39, 0.29) is 23.0 Å². The number of thiophene rings is 1. The maximum atomic E-state index is 12.9. The number of esters is 1. The van der Waals surface area contributed by atoms with Crippen LogP contribution in [0.5, 0.6) is 0 Å². The van der Waals surface area contributed by atoms with Gasteiger partial charge in [-0.3, -0.25) is 4.79 Å². The average Bonchev–Trinajstić information content (AvgIpc) is 3.20. The number of rotatable bonds is 5. The van der Waals surface area contributed by atoms with E-state index in [9.17, 15) is 18.0 Å². The van der Waals surface area contributed by atoms with E-state index in [4.69, 9.17) is 0 Å². The van der Waals surface area contributed by atoms with Gasteiger partial charge in [0.1, 0.15) is 0 Å². The van der Waals surface area contributed by atoms with E-state index in [1.807, 2.05) is 30.3 Å². The summed E-state index contributed by atoms with van der Waals surface area (Å²) in [6.07, 6.45) is 1.38. The number of thiol groups is 1. The van der Waals surface area contributed by atoms with Crippen molar-refractivity contribution >= 4 is 55.8 Å². The van der Waals surface area contributed by atoms with Crippen LogP contribution in [-0.2, 0) is 30.7 Å². The van der Waals surface area contributed by atoms with Gasteiger partial charge in [-0.05, 0) is 23.9 Å². The van der Waals surface area contributed by atoms with Gasteiger partial charge in [0.2, 0.25) is 0 Å². The second-order valence-corrected chi connectivity index (χ2v) is 10.2. The summed E-state index contributed by atoms with van der Waals surface area (Å²) in [5, 5.41) is 1.07. The number of hydrogen-bond donors (Lipinski definition) is 1. The fourth-order valence-corrected chi connectivity index (χ4v) is 6.08. The Labute approximate surface area is 167 Å². The van der Waals surface area contributed by atoms with E-state index < -0.39 is 27.8 Å². The van der Waals surface area contributed by atoms with Gasteiger partial charge in [0.15, 0.2) is 9.84 Å². The highest BCUT2D eigenvalue weighted by Gasteiger charge is 2.35. The van der Waals surface area contributed by atoms with E-state index in [0.29, 0.717) is 6.42 Å². The summed E-state index contributed by atoms with van der Waals surface area (Å²) >= 11 is 5.69. The molecule has 144 valence electrons. The minimum atomic E-state index is -3.17. The monoisotopic (exact) mass is 425 g/mol. The third-order valence-electron chi connectivity index (χ3n) is 4.39. The molecule has 1 atom stereocenters. The van der Waals surface area contributed by atoms with Crippen LogP contribution in [0.2, 0.25) is 0 Å². The molecule has 3 rings (SSSR count). The third-order valence-corrected chi connectivity index (χ3v) is 7.56. The number of carbonyl (C=O) groups is 2. The van der Waals surface area contributed by atoms with Crippen LogP contribution in [0.15, 0.2) is 41.3 Å². The maximum Gasteiger partial charge on any atom is 0.331 e. The van der Waals surface area contributed by atoms with Gasteiger partial charge in [-0.2, -0.15) is 0 Å². The van der Waals surface area contributed by atoms with Crippen molar-refractivity contribution in [2.24, 2.45) is 0 Å². The first-order chi connectivity index (χ1) is 12.8. The van der Waals surface area contributed by atoms with Gasteiger partial charge >= 0.3 is 5.97 Å². The van der Waals surface area contributed by atoms with Crippen LogP contribution in [0.1, 0.15) is 11.3 Å². The molecule has 1 saturated heterocycles. The molecular weight excluding hydrogens is 406 g/mol. The Morgan fingerprint density at radius 2 is 2.11 bits per heavy atom. The number of methoxy groups -OCH3 is 1. The smallest absolute Gasteiger partial charge is 0.331 e. The Balaban J connectivity index is 1.90. The van der Waals surface area contributed by atoms with E-state index >= 15 is 0 Å². The van der Waals surface area contributed by atoms with E-state index in [1.165, 1.54) is 12.0 Å². The van der Waals surface area contributed by atoms with Crippen LogP contribution in [0.25, 0.3) is 10.1 Å². The number of ether oxygens (including phenoxy) is 1. The third kappa shape index (κ3) is 4.72. The van der Waals surface area contributed by atoms with Crippen LogP contribution in [0.4, 0.5) is 0 Å². The molecule has 27 heavy (non-hydrogen) atoms. The molecule has 1 aliphatic heterocycles. The fraction of sp³-hybridized carbons (Fsp3) is 0.333. The molecule has 0 radical (unpaired) electrons. The standard InChI is InChI=1S/C18H19NO5S3/c1-24-17(20)9-15(25)18(21)19(13-6-7-27(22,23)11-13)10-14-8-12-4-2-3-5-16(12)26-14/h2-5,8-9,13,25H,6-7,10-11H2,1H3/b15-9+/t13-/m0/s1. The van der Waals surface area contributed by atoms with Crippen molar-refractivity contribution < 1.29 is 22.7 Å². The van der Waals surface area contributed by atoms with Crippen molar-refractivity contribution in [2.75, 3.05) is 18.6 Å². The predicted molar refractivity (Wildman–Crippen MR) is 109 cm³/mol. The summed E-state index contributed by atoms with van der Waals surface area (Å²) in [7, 11) is -1.96. The summed E-state index contributed by atoms with van der Waals surface area (Å²) in [5.74, 6) is -1.20. The second-order valence-electron chi connectivity index (χ2n) is 6.29. The molecule has 0 unspecified atom stereocenters. The Morgan fingerprint density at radius 1 is 1.37 bits per heavy atom. The fourth-order valence-electron chi connectivity index (χ4n) is 3.05. The van der Waals surface area contributed by atoms with Gasteiger partial charge < -0.3 is 9.64 Å². The Hall–Kier alpha value is -1.84. The summed E-state index contributed by atoms with van der Waals surface area (Å²) in [5.41, 5.74) is 0. The molecule has 1 fully saturated rings. The molecule has 1 aromatic heterocycles. The first kappa shape index (κ1) is 19.9. The maximum absolute atomic E-state index is 12.9. The second kappa shape index (κ2) is 8.04. The lowest BCUT2D eigenvalue weighted by atomic mass is 10.2. The van der Waals surface area contributed by atoms with Crippen molar-refractivity contribution in [3.8, 4) is 0 Å². The number of sulfone groups is 1. The molecular formula is C18H19NO5S3. The van der Waals surface area contributed by atoms with Crippen molar-refractivity contribution in [2.45, 2.75) is 19.0 Å². The normalized spacial score (nSPS) is 19.2. The Bertz CT molecular complexity index is 976. The van der Waals surface area contributed by atoms with Crippen molar-refractivity contribution in [1.29, 1.82) is 0 Å². The number of amides is 1. The number of benzene rings is 1. The summed E-state index contributed by atoms with van der Waals surface area (Å²) in [6, 6.07) is 9.42. The SMILES string of the molecule is COC(=O)/C=C(/S)C(=O)N(Cc1cc2ccccc2s1)[C@H]1CCS(=O)(=O)C1. The summed E-state index contributed by atoms with van der Waals surface area (Å²) < 4.78 is 29.5. The molecule has 2 heterocycles. The molecule has 0 N–H and O–H groups in total. The highest BCUT2D eigenvalue weighted by molar-refractivity contribution is 7.91. The number of hydrogen-bond acceptors (Lipinski definition) is 7. The van der Waals surface area contributed by atoms with Crippen LogP contribution < -0.4 is 0 Å². The molecule has 0 saturated carbocycles. The van der Waals surface area contributed by atoms with Crippen LogP contribution >= 0.6 is 24.0 Å². The van der Waals surface area contributed by atoms with Gasteiger partial charge in [-0.15, -0.1) is 24.0 Å². The number of nitrogens with zero attached hydrogens (tertiary/aromatic N) is 1. The van der Waals surface area contributed by atoms with Crippen molar-refractivity contribution in [3.63, 3.8) is 0 Å². The lowest BCUT2D eigenvalue weighted by Crippen LogP contribution is -2.40. The van der Waals surface area contributed by atoms with Crippen LogP contribution in [0, 0.1) is 0 Å². The van der Waals surface area contributed by atoms with Gasteiger partial charge in [-0.1, -0.05) is 18.2 Å². The first-order valence-corrected chi connectivity index (χ1v) is 11.3. The number of fused-ring (bicyclic) bond motifs is 1. The molecule has 2 aromatic rings. The molecule has 6 nitrogen and oxygen atoms in total. The minimum absolute atomic E-state index is 0.0521. The van der Waals surface area contributed by atoms with E-state index in [2.05, 4.69) is 17.4 Å². The molecule has 1 amide bonds. The first-order valence-electron chi connectivity index (χ1n) is 8.26. The Kier molecular flexibility index (Phi) is 5.92. The van der Waals surface area contributed by atoms with Gasteiger partial charge in [0.05, 0.1) is 30.1 Å². The van der Waals surface area contributed by atoms with Crippen LogP contribution in [-0.4, -0.2) is 49.9 Å². The lowest BCUT2D eigenvalue weighted by Gasteiger charge is -2.28. The minimum Gasteiger partial charge on any atom is -0.466 e. The van der Waals surface area contributed by atoms with Gasteiger partial charge in [0, 0.05) is 21.7 Å². The average molecular weight is 426 g/mol. The predicted octanol–water partition coefficient (Wildman–Crippen LogP) is 2.40. The van der Waals surface area contributed by atoms with E-state index in [0.717, 1.165) is 21.0 Å². The largest absolute Gasteiger partial charge is 0.466 e. The lowest BCUT2D eigenvalue weighted by molar-refractivity contribution is -0.135. The molecule has 1 aromatic carbocycles.